The molecule has 1 amide bonds. The minimum atomic E-state index is -0.208. The van der Waals surface area contributed by atoms with Gasteiger partial charge in [-0.05, 0) is 18.7 Å². The lowest BCUT2D eigenvalue weighted by Gasteiger charge is -2.02. The Morgan fingerprint density at radius 3 is 2.73 bits per heavy atom. The highest BCUT2D eigenvalue weighted by molar-refractivity contribution is 5.92. The first-order chi connectivity index (χ1) is 7.24. The molecular formula is C11H14N2O2. The second-order valence-corrected chi connectivity index (χ2v) is 3.02. The maximum absolute atomic E-state index is 11.4. The summed E-state index contributed by atoms with van der Waals surface area (Å²) in [7, 11) is 0. The van der Waals surface area contributed by atoms with E-state index in [0.717, 1.165) is 6.54 Å². The molecule has 0 fully saturated rings. The van der Waals surface area contributed by atoms with Crippen LogP contribution in [0.25, 0.3) is 0 Å². The zero-order valence-corrected chi connectivity index (χ0v) is 8.62. The van der Waals surface area contributed by atoms with Gasteiger partial charge in [0.2, 0.25) is 11.3 Å². The van der Waals surface area contributed by atoms with Gasteiger partial charge in [-0.25, -0.2) is 0 Å². The Balaban J connectivity index is 2.69. The minimum Gasteiger partial charge on any atom is -0.322 e. The van der Waals surface area contributed by atoms with Crippen LogP contribution in [-0.4, -0.2) is 19.0 Å². The van der Waals surface area contributed by atoms with E-state index in [1.807, 2.05) is 6.92 Å². The minimum absolute atomic E-state index is 0.190. The molecule has 0 heterocycles. The molecular weight excluding hydrogens is 192 g/mol. The predicted molar refractivity (Wildman–Crippen MR) is 59.9 cm³/mol. The molecule has 0 saturated heterocycles. The van der Waals surface area contributed by atoms with Crippen LogP contribution in [-0.2, 0) is 4.79 Å². The van der Waals surface area contributed by atoms with Crippen LogP contribution >= 0.6 is 0 Å². The van der Waals surface area contributed by atoms with Gasteiger partial charge in [0.25, 0.3) is 0 Å². The first kappa shape index (κ1) is 11.4. The number of nitrogens with one attached hydrogen (secondary N) is 2. The lowest BCUT2D eigenvalue weighted by atomic mass is 10.4. The number of likely N-dealkylation sites (N-methyl/N-ethyl adjacent to an activating group) is 1. The van der Waals surface area contributed by atoms with Crippen molar-refractivity contribution in [1.82, 2.24) is 5.32 Å². The summed E-state index contributed by atoms with van der Waals surface area (Å²) in [6, 6.07) is 8.10. The lowest BCUT2D eigenvalue weighted by Crippen LogP contribution is -2.29. The standard InChI is InChI=1S/C11H14N2O2/c1-2-12-8-11(15)13-9-6-4-3-5-7-10(9)14/h3-7,12H,2,8H2,1H3,(H,13,14,15). The van der Waals surface area contributed by atoms with Crippen LogP contribution < -0.4 is 16.1 Å². The topological polar surface area (TPSA) is 58.2 Å². The van der Waals surface area contributed by atoms with E-state index in [1.165, 1.54) is 6.07 Å². The van der Waals surface area contributed by atoms with Gasteiger partial charge in [-0.1, -0.05) is 25.1 Å². The zero-order chi connectivity index (χ0) is 11.1. The molecule has 0 aliphatic carbocycles. The number of amides is 1. The van der Waals surface area contributed by atoms with Crippen molar-refractivity contribution in [2.45, 2.75) is 6.92 Å². The zero-order valence-electron chi connectivity index (χ0n) is 8.62. The van der Waals surface area contributed by atoms with Crippen LogP contribution in [0.1, 0.15) is 6.92 Å². The molecule has 1 rings (SSSR count). The van der Waals surface area contributed by atoms with Crippen molar-refractivity contribution in [1.29, 1.82) is 0 Å². The first-order valence-corrected chi connectivity index (χ1v) is 4.84. The van der Waals surface area contributed by atoms with Gasteiger partial charge in [-0.3, -0.25) is 9.59 Å². The molecule has 80 valence electrons. The fraction of sp³-hybridized carbons (Fsp3) is 0.273. The van der Waals surface area contributed by atoms with Crippen molar-refractivity contribution >= 4 is 11.6 Å². The van der Waals surface area contributed by atoms with Crippen LogP contribution in [0.3, 0.4) is 0 Å². The Morgan fingerprint density at radius 2 is 2.00 bits per heavy atom. The van der Waals surface area contributed by atoms with Gasteiger partial charge in [0.05, 0.1) is 12.2 Å². The van der Waals surface area contributed by atoms with Crippen LogP contribution in [0.15, 0.2) is 35.1 Å². The second kappa shape index (κ2) is 5.93. The molecule has 0 spiro atoms. The monoisotopic (exact) mass is 206 g/mol. The Morgan fingerprint density at radius 1 is 1.27 bits per heavy atom. The first-order valence-electron chi connectivity index (χ1n) is 4.84. The van der Waals surface area contributed by atoms with Crippen molar-refractivity contribution in [2.24, 2.45) is 0 Å². The molecule has 0 aromatic heterocycles. The Kier molecular flexibility index (Phi) is 4.50. The van der Waals surface area contributed by atoms with Crippen molar-refractivity contribution in [3.05, 3.63) is 40.6 Å². The van der Waals surface area contributed by atoms with Crippen molar-refractivity contribution in [3.63, 3.8) is 0 Å². The van der Waals surface area contributed by atoms with Gasteiger partial charge in [0, 0.05) is 0 Å². The normalized spacial score (nSPS) is 9.67. The van der Waals surface area contributed by atoms with E-state index in [0.29, 0.717) is 5.69 Å². The maximum Gasteiger partial charge on any atom is 0.238 e. The third-order valence-corrected chi connectivity index (χ3v) is 1.81. The highest BCUT2D eigenvalue weighted by atomic mass is 16.2. The summed E-state index contributed by atoms with van der Waals surface area (Å²) in [6.45, 7) is 2.85. The van der Waals surface area contributed by atoms with Gasteiger partial charge >= 0.3 is 0 Å². The molecule has 15 heavy (non-hydrogen) atoms. The van der Waals surface area contributed by atoms with E-state index in [2.05, 4.69) is 10.6 Å². The highest BCUT2D eigenvalue weighted by Crippen LogP contribution is 1.95. The molecule has 1 aromatic rings. The molecule has 2 N–H and O–H groups in total. The molecule has 0 bridgehead atoms. The van der Waals surface area contributed by atoms with Gasteiger partial charge < -0.3 is 10.6 Å². The number of hydrogen-bond acceptors (Lipinski definition) is 3. The summed E-state index contributed by atoms with van der Waals surface area (Å²) in [6.07, 6.45) is 0. The summed E-state index contributed by atoms with van der Waals surface area (Å²) in [5.74, 6) is -0.208. The van der Waals surface area contributed by atoms with E-state index in [1.54, 1.807) is 24.3 Å². The lowest BCUT2D eigenvalue weighted by molar-refractivity contribution is -0.115. The number of carbonyl (C=O) groups is 1. The van der Waals surface area contributed by atoms with Gasteiger partial charge in [-0.15, -0.1) is 0 Å². The van der Waals surface area contributed by atoms with E-state index in [-0.39, 0.29) is 17.9 Å². The molecule has 0 aliphatic rings. The SMILES string of the molecule is CCNCC(=O)Nc1cccccc1=O. The second-order valence-electron chi connectivity index (χ2n) is 3.02. The predicted octanol–water partition coefficient (Wildman–Crippen LogP) is 0.595. The summed E-state index contributed by atoms with van der Waals surface area (Å²) in [4.78, 5) is 22.7. The van der Waals surface area contributed by atoms with E-state index in [9.17, 15) is 9.59 Å². The average molecular weight is 206 g/mol. The fourth-order valence-corrected chi connectivity index (χ4v) is 1.07. The Labute approximate surface area is 88.3 Å². The van der Waals surface area contributed by atoms with E-state index in [4.69, 9.17) is 0 Å². The molecule has 0 saturated carbocycles. The Hall–Kier alpha value is -1.68. The number of anilines is 1. The number of rotatable bonds is 4. The van der Waals surface area contributed by atoms with Crippen LogP contribution in [0.4, 0.5) is 5.69 Å². The average Bonchev–Trinajstić information content (AvgIpc) is 2.42. The Bertz CT molecular complexity index is 390. The van der Waals surface area contributed by atoms with Crippen molar-refractivity contribution < 1.29 is 4.79 Å². The van der Waals surface area contributed by atoms with Crippen LogP contribution in [0.2, 0.25) is 0 Å². The number of hydrogen-bond donors (Lipinski definition) is 2. The number of carbonyl (C=O) groups excluding carboxylic acids is 1. The van der Waals surface area contributed by atoms with Gasteiger partial charge in [-0.2, -0.15) is 0 Å². The third kappa shape index (κ3) is 3.91. The summed E-state index contributed by atoms with van der Waals surface area (Å²) >= 11 is 0. The van der Waals surface area contributed by atoms with Gasteiger partial charge in [0.15, 0.2) is 0 Å². The quantitative estimate of drug-likeness (QED) is 0.758. The fourth-order valence-electron chi connectivity index (χ4n) is 1.07. The molecule has 0 atom stereocenters. The van der Waals surface area contributed by atoms with Crippen LogP contribution in [0, 0.1) is 0 Å². The summed E-state index contributed by atoms with van der Waals surface area (Å²) < 4.78 is 0. The molecule has 0 aliphatic heterocycles. The summed E-state index contributed by atoms with van der Waals surface area (Å²) in [5, 5.41) is 5.43. The third-order valence-electron chi connectivity index (χ3n) is 1.81. The largest absolute Gasteiger partial charge is 0.322 e. The van der Waals surface area contributed by atoms with Crippen molar-refractivity contribution in [3.8, 4) is 0 Å². The molecule has 0 unspecified atom stereocenters. The molecule has 1 aromatic carbocycles. The molecule has 4 heteroatoms. The maximum atomic E-state index is 11.4. The highest BCUT2D eigenvalue weighted by Gasteiger charge is 2.02. The van der Waals surface area contributed by atoms with Crippen molar-refractivity contribution in [2.75, 3.05) is 18.4 Å². The molecule has 4 nitrogen and oxygen atoms in total. The smallest absolute Gasteiger partial charge is 0.238 e. The van der Waals surface area contributed by atoms with E-state index < -0.39 is 0 Å². The summed E-state index contributed by atoms with van der Waals surface area (Å²) in [5.41, 5.74) is 0.118. The molecule has 0 radical (unpaired) electrons. The van der Waals surface area contributed by atoms with Crippen LogP contribution in [0.5, 0.6) is 0 Å². The van der Waals surface area contributed by atoms with E-state index >= 15 is 0 Å². The van der Waals surface area contributed by atoms with Gasteiger partial charge in [0.1, 0.15) is 0 Å².